The molecule has 0 saturated carbocycles. The van der Waals surface area contributed by atoms with Crippen LogP contribution in [0.5, 0.6) is 0 Å². The highest BCUT2D eigenvalue weighted by Crippen LogP contribution is 2.45. The van der Waals surface area contributed by atoms with Gasteiger partial charge in [-0.3, -0.25) is 0 Å². The van der Waals surface area contributed by atoms with Crippen molar-refractivity contribution in [2.24, 2.45) is 0 Å². The molecule has 0 spiro atoms. The van der Waals surface area contributed by atoms with Crippen molar-refractivity contribution in [3.05, 3.63) is 194 Å². The van der Waals surface area contributed by atoms with Gasteiger partial charge >= 0.3 is 0 Å². The van der Waals surface area contributed by atoms with E-state index in [9.17, 15) is 0 Å². The summed E-state index contributed by atoms with van der Waals surface area (Å²) in [5.41, 5.74) is 7.74. The zero-order valence-corrected chi connectivity index (χ0v) is 34.4. The Morgan fingerprint density at radius 1 is 0.349 bits per heavy atom. The number of nitrogens with zero attached hydrogens (tertiary/aromatic N) is 4. The fourth-order valence-electron chi connectivity index (χ4n) is 9.83. The first-order chi connectivity index (χ1) is 31.2. The summed E-state index contributed by atoms with van der Waals surface area (Å²) in [7, 11) is 0. The molecule has 0 atom stereocenters. The van der Waals surface area contributed by atoms with Gasteiger partial charge in [0.05, 0.1) is 16.7 Å². The van der Waals surface area contributed by atoms with E-state index in [1.54, 1.807) is 11.3 Å². The largest absolute Gasteiger partial charge is 0.456 e. The van der Waals surface area contributed by atoms with Crippen LogP contribution in [-0.2, 0) is 0 Å². The molecule has 0 N–H and O–H groups in total. The summed E-state index contributed by atoms with van der Waals surface area (Å²) in [5.74, 6) is 1.79. The second-order valence-corrected chi connectivity index (χ2v) is 17.5. The minimum absolute atomic E-state index is 0.582. The third-order valence-corrected chi connectivity index (χ3v) is 13.9. The van der Waals surface area contributed by atoms with Crippen LogP contribution in [0, 0.1) is 0 Å². The summed E-state index contributed by atoms with van der Waals surface area (Å²) in [5, 5.41) is 14.2. The first kappa shape index (κ1) is 34.5. The van der Waals surface area contributed by atoms with E-state index in [0.29, 0.717) is 17.5 Å². The first-order valence-electron chi connectivity index (χ1n) is 21.2. The van der Waals surface area contributed by atoms with Crippen LogP contribution in [0.3, 0.4) is 0 Å². The molecule has 0 unspecified atom stereocenters. The van der Waals surface area contributed by atoms with Gasteiger partial charge in [-0.15, -0.1) is 11.3 Å². The average molecular weight is 821 g/mol. The molecule has 0 saturated heterocycles. The van der Waals surface area contributed by atoms with E-state index >= 15 is 0 Å². The summed E-state index contributed by atoms with van der Waals surface area (Å²) >= 11 is 1.81. The molecule has 10 aromatic carbocycles. The summed E-state index contributed by atoms with van der Waals surface area (Å²) in [4.78, 5) is 15.9. The normalized spacial score (nSPS) is 12.1. The van der Waals surface area contributed by atoms with Crippen LogP contribution >= 0.6 is 11.3 Å². The van der Waals surface area contributed by atoms with Crippen molar-refractivity contribution in [3.63, 3.8) is 0 Å². The summed E-state index contributed by atoms with van der Waals surface area (Å²) in [6.07, 6.45) is 0. The van der Waals surface area contributed by atoms with Crippen LogP contribution in [-0.4, -0.2) is 19.5 Å². The number of fused-ring (bicyclic) bond motifs is 13. The second kappa shape index (κ2) is 13.2. The lowest BCUT2D eigenvalue weighted by Crippen LogP contribution is -2.01. The molecule has 5 nitrogen and oxygen atoms in total. The maximum Gasteiger partial charge on any atom is 0.164 e. The Hall–Kier alpha value is -8.19. The fraction of sp³-hybridized carbons (Fsp3) is 0. The number of rotatable bonds is 4. The van der Waals surface area contributed by atoms with Crippen LogP contribution < -0.4 is 0 Å². The quantitative estimate of drug-likeness (QED) is 0.177. The lowest BCUT2D eigenvalue weighted by atomic mass is 10.0. The van der Waals surface area contributed by atoms with Crippen LogP contribution in [0.1, 0.15) is 0 Å². The SMILES string of the molecule is c1ccc2cc(-c3nc(-c4ccc5c(c4)oc4ccccc45)nc(-c4cc(-n5c6cc7ccccc7cc6c6c7ccccc7ccc65)c5c(c4)sc4ccccc45)n3)ccc2c1. The summed E-state index contributed by atoms with van der Waals surface area (Å²) < 4.78 is 11.3. The molecule has 0 aliphatic heterocycles. The molecule has 63 heavy (non-hydrogen) atoms. The van der Waals surface area contributed by atoms with E-state index in [2.05, 4.69) is 180 Å². The predicted octanol–water partition coefficient (Wildman–Crippen LogP) is 15.7. The second-order valence-electron chi connectivity index (χ2n) is 16.4. The van der Waals surface area contributed by atoms with Gasteiger partial charge in [0, 0.05) is 58.4 Å². The van der Waals surface area contributed by atoms with Crippen molar-refractivity contribution in [1.29, 1.82) is 0 Å². The van der Waals surface area contributed by atoms with Crippen molar-refractivity contribution in [3.8, 4) is 39.9 Å². The standard InChI is InChI=1S/C57H32N4OS/c1-2-13-35-27-38(22-21-33(35)11-1)55-58-56(39-23-25-43-42-17-7-9-19-49(42)62-50(43)31-39)60-57(59-55)40-30-48(54-44-18-8-10-20-51(44)63-52(54)32-40)61-46-26-24-34-12-5-6-16-41(34)53(46)45-28-36-14-3-4-15-37(36)29-47(45)61/h1-32H. The highest BCUT2D eigenvalue weighted by molar-refractivity contribution is 7.26. The number of benzene rings is 10. The monoisotopic (exact) mass is 820 g/mol. The van der Waals surface area contributed by atoms with Gasteiger partial charge in [-0.2, -0.15) is 0 Å². The maximum atomic E-state index is 6.38. The van der Waals surface area contributed by atoms with E-state index in [0.717, 1.165) is 70.8 Å². The fourth-order valence-corrected chi connectivity index (χ4v) is 11.0. The third-order valence-electron chi connectivity index (χ3n) is 12.8. The van der Waals surface area contributed by atoms with Gasteiger partial charge in [0.15, 0.2) is 17.5 Å². The van der Waals surface area contributed by atoms with Crippen molar-refractivity contribution in [1.82, 2.24) is 19.5 Å². The van der Waals surface area contributed by atoms with Gasteiger partial charge in [-0.05, 0) is 93.0 Å². The minimum atomic E-state index is 0.582. The molecule has 0 radical (unpaired) electrons. The Balaban J connectivity index is 1.08. The van der Waals surface area contributed by atoms with Gasteiger partial charge in [-0.25, -0.2) is 15.0 Å². The van der Waals surface area contributed by atoms with Gasteiger partial charge in [0.25, 0.3) is 0 Å². The zero-order valence-electron chi connectivity index (χ0n) is 33.6. The summed E-state index contributed by atoms with van der Waals surface area (Å²) in [6.45, 7) is 0. The Kier molecular flexibility index (Phi) is 7.21. The predicted molar refractivity (Wildman–Crippen MR) is 263 cm³/mol. The van der Waals surface area contributed by atoms with Crippen molar-refractivity contribution >= 4 is 108 Å². The molecule has 0 aliphatic carbocycles. The highest BCUT2D eigenvalue weighted by Gasteiger charge is 2.22. The van der Waals surface area contributed by atoms with Gasteiger partial charge in [0.1, 0.15) is 11.2 Å². The molecule has 0 aliphatic rings. The molecule has 0 bridgehead atoms. The molecule has 4 heterocycles. The maximum absolute atomic E-state index is 6.38. The molecular formula is C57H32N4OS. The number of thiophene rings is 1. The average Bonchev–Trinajstić information content (AvgIpc) is 4.02. The van der Waals surface area contributed by atoms with Crippen molar-refractivity contribution in [2.45, 2.75) is 0 Å². The van der Waals surface area contributed by atoms with Crippen LogP contribution in [0.4, 0.5) is 0 Å². The lowest BCUT2D eigenvalue weighted by molar-refractivity contribution is 0.669. The zero-order chi connectivity index (χ0) is 41.2. The van der Waals surface area contributed by atoms with Crippen LogP contribution in [0.15, 0.2) is 199 Å². The molecule has 6 heteroatoms. The van der Waals surface area contributed by atoms with Crippen LogP contribution in [0.25, 0.3) is 136 Å². The first-order valence-corrected chi connectivity index (χ1v) is 22.0. The molecule has 14 rings (SSSR count). The van der Waals surface area contributed by atoms with Crippen LogP contribution in [0.2, 0.25) is 0 Å². The Bertz CT molecular complexity index is 4230. The smallest absolute Gasteiger partial charge is 0.164 e. The number of hydrogen-bond acceptors (Lipinski definition) is 5. The highest BCUT2D eigenvalue weighted by atomic mass is 32.1. The van der Waals surface area contributed by atoms with Gasteiger partial charge in [-0.1, -0.05) is 133 Å². The van der Waals surface area contributed by atoms with E-state index in [4.69, 9.17) is 19.4 Å². The number of furan rings is 1. The number of aromatic nitrogens is 4. The van der Waals surface area contributed by atoms with Crippen molar-refractivity contribution < 1.29 is 4.42 Å². The number of hydrogen-bond donors (Lipinski definition) is 0. The molecular weight excluding hydrogens is 789 g/mol. The van der Waals surface area contributed by atoms with E-state index in [-0.39, 0.29) is 0 Å². The molecule has 14 aromatic rings. The topological polar surface area (TPSA) is 56.7 Å². The van der Waals surface area contributed by atoms with Gasteiger partial charge in [0.2, 0.25) is 0 Å². The molecule has 4 aromatic heterocycles. The van der Waals surface area contributed by atoms with E-state index in [1.165, 1.54) is 47.8 Å². The third kappa shape index (κ3) is 5.25. The summed E-state index contributed by atoms with van der Waals surface area (Å²) in [6, 6.07) is 69.3. The molecule has 292 valence electrons. The van der Waals surface area contributed by atoms with E-state index in [1.807, 2.05) is 18.2 Å². The Morgan fingerprint density at radius 2 is 0.952 bits per heavy atom. The van der Waals surface area contributed by atoms with Crippen molar-refractivity contribution in [2.75, 3.05) is 0 Å². The molecule has 0 fully saturated rings. The van der Waals surface area contributed by atoms with E-state index < -0.39 is 0 Å². The Labute approximate surface area is 363 Å². The minimum Gasteiger partial charge on any atom is -0.456 e. The lowest BCUT2D eigenvalue weighted by Gasteiger charge is -2.14. The number of para-hydroxylation sites is 1. The van der Waals surface area contributed by atoms with Gasteiger partial charge < -0.3 is 8.98 Å². The molecule has 0 amide bonds. The Morgan fingerprint density at radius 3 is 1.78 bits per heavy atom.